The lowest BCUT2D eigenvalue weighted by Crippen LogP contribution is -2.73. The number of nitroso groups, excluding NO2 is 1. The molecule has 2 heterocycles. The van der Waals surface area contributed by atoms with Gasteiger partial charge >= 0.3 is 0 Å². The largest absolute Gasteiger partial charge is 0.368 e. The van der Waals surface area contributed by atoms with Crippen LogP contribution in [-0.2, 0) is 0 Å². The van der Waals surface area contributed by atoms with Crippen molar-refractivity contribution in [2.24, 2.45) is 10.6 Å². The molecule has 0 aliphatic carbocycles. The van der Waals surface area contributed by atoms with E-state index in [1.807, 2.05) is 18.7 Å². The van der Waals surface area contributed by atoms with Gasteiger partial charge in [-0.3, -0.25) is 4.90 Å². The number of nitrogens with zero attached hydrogens (tertiary/aromatic N) is 3. The maximum Gasteiger partial charge on any atom is 0.148 e. The molecule has 2 aliphatic heterocycles. The summed E-state index contributed by atoms with van der Waals surface area (Å²) < 4.78 is 13.8. The van der Waals surface area contributed by atoms with Crippen LogP contribution in [0, 0.1) is 16.1 Å². The monoisotopic (exact) mass is 293 g/mol. The number of hydrogen-bond donors (Lipinski definition) is 0. The molecular weight excluding hydrogens is 269 g/mol. The Morgan fingerprint density at radius 1 is 1.19 bits per heavy atom. The average Bonchev–Trinajstić information content (AvgIpc) is 2.39. The van der Waals surface area contributed by atoms with Gasteiger partial charge in [0.15, 0.2) is 0 Å². The third kappa shape index (κ3) is 2.93. The molecule has 5 heteroatoms. The van der Waals surface area contributed by atoms with Gasteiger partial charge in [0.25, 0.3) is 0 Å². The second kappa shape index (κ2) is 6.10. The van der Waals surface area contributed by atoms with Gasteiger partial charge in [0, 0.05) is 43.7 Å². The summed E-state index contributed by atoms with van der Waals surface area (Å²) >= 11 is 0. The molecule has 0 unspecified atom stereocenters. The van der Waals surface area contributed by atoms with Crippen LogP contribution in [0.15, 0.2) is 23.4 Å². The summed E-state index contributed by atoms with van der Waals surface area (Å²) in [6.07, 6.45) is 0. The number of rotatable bonds is 3. The van der Waals surface area contributed by atoms with Gasteiger partial charge in [-0.25, -0.2) is 4.39 Å². The zero-order valence-electron chi connectivity index (χ0n) is 13.3. The summed E-state index contributed by atoms with van der Waals surface area (Å²) in [6.45, 7) is 12.4. The molecule has 2 fully saturated rings. The molecule has 0 atom stereocenters. The first-order chi connectivity index (χ1) is 10.0. The first-order valence-corrected chi connectivity index (χ1v) is 7.65. The minimum absolute atomic E-state index is 0.145. The zero-order valence-corrected chi connectivity index (χ0v) is 13.3. The lowest BCUT2D eigenvalue weighted by molar-refractivity contribution is -0.0413. The Morgan fingerprint density at radius 3 is 2.29 bits per heavy atom. The number of likely N-dealkylation sites (tertiary alicyclic amines) is 1. The summed E-state index contributed by atoms with van der Waals surface area (Å²) in [4.78, 5) is 14.8. The lowest BCUT2D eigenvalue weighted by Gasteiger charge is -2.62. The molecule has 1 spiro atoms. The Labute approximate surface area is 125 Å². The molecule has 2 saturated heterocycles. The van der Waals surface area contributed by atoms with E-state index >= 15 is 0 Å². The van der Waals surface area contributed by atoms with Crippen LogP contribution < -0.4 is 4.90 Å². The van der Waals surface area contributed by atoms with Crippen LogP contribution >= 0.6 is 0 Å². The Bertz CT molecular complexity index is 504. The van der Waals surface area contributed by atoms with Crippen LogP contribution in [0.4, 0.5) is 15.8 Å². The van der Waals surface area contributed by atoms with Crippen molar-refractivity contribution >= 4 is 11.4 Å². The van der Waals surface area contributed by atoms with Crippen molar-refractivity contribution in [3.05, 3.63) is 28.9 Å². The third-order valence-corrected chi connectivity index (χ3v) is 4.24. The van der Waals surface area contributed by atoms with E-state index in [1.165, 1.54) is 6.07 Å². The highest BCUT2D eigenvalue weighted by molar-refractivity contribution is 5.56. The molecule has 3 rings (SSSR count). The van der Waals surface area contributed by atoms with Crippen molar-refractivity contribution in [2.45, 2.75) is 33.7 Å². The molecule has 116 valence electrons. The number of anilines is 1. The van der Waals surface area contributed by atoms with Crippen molar-refractivity contribution < 1.29 is 4.39 Å². The van der Waals surface area contributed by atoms with E-state index in [1.54, 1.807) is 12.1 Å². The van der Waals surface area contributed by atoms with Crippen molar-refractivity contribution in [3.8, 4) is 0 Å². The Balaban J connectivity index is 0.000000774. The second-order valence-corrected chi connectivity index (χ2v) is 6.08. The maximum atomic E-state index is 13.8. The Kier molecular flexibility index (Phi) is 4.61. The number of halogens is 1. The average molecular weight is 293 g/mol. The van der Waals surface area contributed by atoms with Gasteiger partial charge in [-0.2, -0.15) is 0 Å². The van der Waals surface area contributed by atoms with E-state index in [9.17, 15) is 9.30 Å². The third-order valence-electron chi connectivity index (χ3n) is 4.24. The fraction of sp³-hybridized carbons (Fsp3) is 0.625. The molecule has 0 amide bonds. The molecule has 0 bridgehead atoms. The normalized spacial score (nSPS) is 19.6. The molecule has 2 aliphatic rings. The SMILES string of the molecule is CC.CC(C)N1CC2(CN(c3ccc(N=O)cc3F)C2)C1. The van der Waals surface area contributed by atoms with Crippen LogP contribution in [0.3, 0.4) is 0 Å². The molecule has 0 N–H and O–H groups in total. The van der Waals surface area contributed by atoms with Gasteiger partial charge < -0.3 is 4.90 Å². The first kappa shape index (κ1) is 15.9. The zero-order chi connectivity index (χ0) is 15.6. The van der Waals surface area contributed by atoms with Gasteiger partial charge in [-0.15, -0.1) is 4.91 Å². The molecule has 0 saturated carbocycles. The maximum absolute atomic E-state index is 13.8. The summed E-state index contributed by atoms with van der Waals surface area (Å²) in [6, 6.07) is 5.01. The first-order valence-electron chi connectivity index (χ1n) is 7.65. The van der Waals surface area contributed by atoms with Crippen molar-refractivity contribution in [1.29, 1.82) is 0 Å². The summed E-state index contributed by atoms with van der Waals surface area (Å²) in [5.74, 6) is -0.355. The highest BCUT2D eigenvalue weighted by atomic mass is 19.1. The van der Waals surface area contributed by atoms with Gasteiger partial charge in [0.05, 0.1) is 5.69 Å². The van der Waals surface area contributed by atoms with Crippen LogP contribution in [0.1, 0.15) is 27.7 Å². The molecule has 21 heavy (non-hydrogen) atoms. The summed E-state index contributed by atoms with van der Waals surface area (Å²) in [7, 11) is 0. The van der Waals surface area contributed by atoms with Gasteiger partial charge in [0.1, 0.15) is 11.5 Å². The highest BCUT2D eigenvalue weighted by Crippen LogP contribution is 2.43. The van der Waals surface area contributed by atoms with Crippen LogP contribution in [0.2, 0.25) is 0 Å². The molecule has 1 aromatic rings. The van der Waals surface area contributed by atoms with Crippen molar-refractivity contribution in [1.82, 2.24) is 4.90 Å². The minimum atomic E-state index is -0.355. The van der Waals surface area contributed by atoms with Crippen molar-refractivity contribution in [3.63, 3.8) is 0 Å². The lowest BCUT2D eigenvalue weighted by atomic mass is 9.72. The van der Waals surface area contributed by atoms with Gasteiger partial charge in [0.2, 0.25) is 0 Å². The van der Waals surface area contributed by atoms with E-state index in [-0.39, 0.29) is 11.5 Å². The summed E-state index contributed by atoms with van der Waals surface area (Å²) in [5.41, 5.74) is 1.09. The molecule has 0 aromatic heterocycles. The number of hydrogen-bond acceptors (Lipinski definition) is 4. The van der Waals surface area contributed by atoms with Crippen molar-refractivity contribution in [2.75, 3.05) is 31.1 Å². The quantitative estimate of drug-likeness (QED) is 0.796. The summed E-state index contributed by atoms with van der Waals surface area (Å²) in [5, 5.41) is 2.75. The van der Waals surface area contributed by atoms with Gasteiger partial charge in [-0.05, 0) is 31.2 Å². The fourth-order valence-electron chi connectivity index (χ4n) is 3.12. The Hall–Kier alpha value is -1.49. The van der Waals surface area contributed by atoms with Crippen LogP contribution in [0.5, 0.6) is 0 Å². The molecule has 0 radical (unpaired) electrons. The predicted molar refractivity (Wildman–Crippen MR) is 84.6 cm³/mol. The van der Waals surface area contributed by atoms with Gasteiger partial charge in [-0.1, -0.05) is 13.8 Å². The van der Waals surface area contributed by atoms with E-state index < -0.39 is 0 Å². The molecule has 1 aromatic carbocycles. The van der Waals surface area contributed by atoms with E-state index in [0.717, 1.165) is 26.2 Å². The van der Waals surface area contributed by atoms with E-state index in [2.05, 4.69) is 23.9 Å². The molecular formula is C16H24FN3O. The van der Waals surface area contributed by atoms with E-state index in [4.69, 9.17) is 0 Å². The smallest absolute Gasteiger partial charge is 0.148 e. The highest BCUT2D eigenvalue weighted by Gasteiger charge is 2.52. The fourth-order valence-corrected chi connectivity index (χ4v) is 3.12. The second-order valence-electron chi connectivity index (χ2n) is 6.08. The predicted octanol–water partition coefficient (Wildman–Crippen LogP) is 3.78. The Morgan fingerprint density at radius 2 is 1.81 bits per heavy atom. The van der Waals surface area contributed by atoms with E-state index in [0.29, 0.717) is 17.1 Å². The topological polar surface area (TPSA) is 35.9 Å². The minimum Gasteiger partial charge on any atom is -0.368 e. The standard InChI is InChI=1S/C14H18FN3O.C2H6/c1-10(2)17-6-14(7-17)8-18(9-14)13-4-3-11(16-19)5-12(13)15;1-2/h3-5,10H,6-9H2,1-2H3;1-2H3. The van der Waals surface area contributed by atoms with Crippen LogP contribution in [0.25, 0.3) is 0 Å². The molecule has 4 nitrogen and oxygen atoms in total. The van der Waals surface area contributed by atoms with Crippen LogP contribution in [-0.4, -0.2) is 37.1 Å². The number of benzene rings is 1.